The number of nitrogens with two attached hydrogens (primary N) is 1. The van der Waals surface area contributed by atoms with Gasteiger partial charge in [0.2, 0.25) is 0 Å². The normalized spacial score (nSPS) is 11.0. The lowest BCUT2D eigenvalue weighted by Crippen LogP contribution is -2.29. The summed E-state index contributed by atoms with van der Waals surface area (Å²) < 4.78 is 6.04. The first-order valence-electron chi connectivity index (χ1n) is 6.40. The van der Waals surface area contributed by atoms with Crippen LogP contribution in [0.5, 0.6) is 0 Å². The van der Waals surface area contributed by atoms with Crippen molar-refractivity contribution in [3.63, 3.8) is 0 Å². The van der Waals surface area contributed by atoms with Crippen LogP contribution >= 0.6 is 11.3 Å². The van der Waals surface area contributed by atoms with Gasteiger partial charge >= 0.3 is 5.97 Å². The largest absolute Gasteiger partial charge is 0.480 e. The van der Waals surface area contributed by atoms with Gasteiger partial charge < -0.3 is 15.6 Å². The van der Waals surface area contributed by atoms with Gasteiger partial charge in [-0.15, -0.1) is 11.3 Å². The zero-order chi connectivity index (χ0) is 16.4. The molecule has 3 N–H and O–H groups in total. The predicted octanol–water partition coefficient (Wildman–Crippen LogP) is 0.139. The average Bonchev–Trinajstić information content (AvgIpc) is 2.77. The average molecular weight is 325 g/mol. The van der Waals surface area contributed by atoms with Crippen LogP contribution in [0.3, 0.4) is 0 Å². The molecular formula is C13H15N3O5S. The minimum Gasteiger partial charge on any atom is -0.480 e. The third-order valence-electron chi connectivity index (χ3n) is 3.18. The summed E-state index contributed by atoms with van der Waals surface area (Å²) in [5.74, 6) is -1.48. The highest BCUT2D eigenvalue weighted by atomic mass is 32.1. The number of amides is 1. The molecule has 0 spiro atoms. The quantitative estimate of drug-likeness (QED) is 0.778. The monoisotopic (exact) mass is 325 g/mol. The molecule has 0 aliphatic rings. The van der Waals surface area contributed by atoms with Gasteiger partial charge in [-0.25, -0.2) is 4.98 Å². The van der Waals surface area contributed by atoms with Gasteiger partial charge in [0, 0.05) is 13.5 Å². The van der Waals surface area contributed by atoms with Crippen LogP contribution in [0.4, 0.5) is 0 Å². The zero-order valence-electron chi connectivity index (χ0n) is 12.1. The van der Waals surface area contributed by atoms with Gasteiger partial charge in [0.05, 0.1) is 16.9 Å². The van der Waals surface area contributed by atoms with Crippen molar-refractivity contribution in [2.75, 3.05) is 13.7 Å². The molecule has 0 aromatic carbocycles. The van der Waals surface area contributed by atoms with E-state index in [9.17, 15) is 14.4 Å². The van der Waals surface area contributed by atoms with Gasteiger partial charge in [0.1, 0.15) is 17.2 Å². The number of primary amides is 1. The van der Waals surface area contributed by atoms with Crippen LogP contribution in [-0.2, 0) is 22.5 Å². The summed E-state index contributed by atoms with van der Waals surface area (Å²) >= 11 is 1.03. The fraction of sp³-hybridized carbons (Fsp3) is 0.385. The third kappa shape index (κ3) is 2.85. The molecule has 118 valence electrons. The van der Waals surface area contributed by atoms with Crippen LogP contribution in [0.2, 0.25) is 0 Å². The predicted molar refractivity (Wildman–Crippen MR) is 80.4 cm³/mol. The Kier molecular flexibility index (Phi) is 4.57. The number of aryl methyl sites for hydroxylation is 1. The number of hydrogen-bond donors (Lipinski definition) is 2. The molecule has 0 saturated carbocycles. The summed E-state index contributed by atoms with van der Waals surface area (Å²) in [6.45, 7) is 1.40. The lowest BCUT2D eigenvalue weighted by atomic mass is 10.2. The summed E-state index contributed by atoms with van der Waals surface area (Å²) in [5.41, 5.74) is 5.23. The Morgan fingerprint density at radius 2 is 2.14 bits per heavy atom. The maximum atomic E-state index is 12.6. The second kappa shape index (κ2) is 6.24. The molecule has 22 heavy (non-hydrogen) atoms. The molecule has 0 aliphatic carbocycles. The molecule has 0 unspecified atom stereocenters. The third-order valence-corrected chi connectivity index (χ3v) is 4.38. The van der Waals surface area contributed by atoms with Crippen molar-refractivity contribution in [1.29, 1.82) is 0 Å². The molecule has 0 radical (unpaired) electrons. The second-order valence-corrected chi connectivity index (χ2v) is 5.66. The molecule has 0 atom stereocenters. The van der Waals surface area contributed by atoms with Crippen molar-refractivity contribution in [2.45, 2.75) is 19.9 Å². The van der Waals surface area contributed by atoms with Crippen molar-refractivity contribution in [3.05, 3.63) is 26.6 Å². The summed E-state index contributed by atoms with van der Waals surface area (Å²) in [4.78, 5) is 39.9. The molecule has 1 amide bonds. The summed E-state index contributed by atoms with van der Waals surface area (Å²) in [6, 6.07) is 0. The van der Waals surface area contributed by atoms with E-state index in [0.29, 0.717) is 22.8 Å². The number of hydrogen-bond acceptors (Lipinski definition) is 6. The number of carboxylic acids is 1. The minimum absolute atomic E-state index is 0.237. The Balaban J connectivity index is 2.74. The maximum absolute atomic E-state index is 12.6. The molecule has 9 heteroatoms. The van der Waals surface area contributed by atoms with Crippen LogP contribution in [0.25, 0.3) is 10.2 Å². The number of fused-ring (bicyclic) bond motifs is 1. The molecule has 8 nitrogen and oxygen atoms in total. The molecule has 0 bridgehead atoms. The first-order valence-corrected chi connectivity index (χ1v) is 7.21. The SMILES string of the molecule is COCCc1nc2sc(C(N)=O)c(C)c2c(=O)n1CC(=O)O. The van der Waals surface area contributed by atoms with Crippen LogP contribution in [0.15, 0.2) is 4.79 Å². The summed E-state index contributed by atoms with van der Waals surface area (Å²) in [5, 5.41) is 9.22. The number of nitrogens with zero attached hydrogens (tertiary/aromatic N) is 2. The van der Waals surface area contributed by atoms with Crippen LogP contribution < -0.4 is 11.3 Å². The lowest BCUT2D eigenvalue weighted by Gasteiger charge is -2.10. The highest BCUT2D eigenvalue weighted by Gasteiger charge is 2.20. The van der Waals surface area contributed by atoms with Crippen molar-refractivity contribution in [3.8, 4) is 0 Å². The van der Waals surface area contributed by atoms with E-state index in [1.165, 1.54) is 7.11 Å². The summed E-state index contributed by atoms with van der Waals surface area (Å²) in [7, 11) is 1.50. The Labute approximate surface area is 129 Å². The Hall–Kier alpha value is -2.26. The van der Waals surface area contributed by atoms with E-state index < -0.39 is 24.0 Å². The van der Waals surface area contributed by atoms with Crippen molar-refractivity contribution in [1.82, 2.24) is 9.55 Å². The number of aromatic nitrogens is 2. The van der Waals surface area contributed by atoms with E-state index in [1.807, 2.05) is 0 Å². The second-order valence-electron chi connectivity index (χ2n) is 4.66. The van der Waals surface area contributed by atoms with E-state index in [4.69, 9.17) is 15.6 Å². The Bertz CT molecular complexity index is 808. The van der Waals surface area contributed by atoms with Gasteiger partial charge in [-0.05, 0) is 12.5 Å². The molecule has 0 saturated heterocycles. The van der Waals surface area contributed by atoms with Crippen molar-refractivity contribution < 1.29 is 19.4 Å². The number of methoxy groups -OCH3 is 1. The first kappa shape index (κ1) is 16.1. The first-order chi connectivity index (χ1) is 10.4. The molecule has 0 fully saturated rings. The minimum atomic E-state index is -1.15. The number of carboxylic acid groups (broad SMARTS) is 1. The van der Waals surface area contributed by atoms with E-state index in [1.54, 1.807) is 6.92 Å². The molecule has 2 aromatic heterocycles. The fourth-order valence-corrected chi connectivity index (χ4v) is 3.22. The zero-order valence-corrected chi connectivity index (χ0v) is 12.9. The van der Waals surface area contributed by atoms with Crippen molar-refractivity contribution >= 4 is 33.4 Å². The fourth-order valence-electron chi connectivity index (χ4n) is 2.18. The molecule has 0 aliphatic heterocycles. The van der Waals surface area contributed by atoms with Gasteiger partial charge in [0.15, 0.2) is 0 Å². The van der Waals surface area contributed by atoms with Gasteiger partial charge in [-0.2, -0.15) is 0 Å². The lowest BCUT2D eigenvalue weighted by molar-refractivity contribution is -0.137. The van der Waals surface area contributed by atoms with E-state index in [0.717, 1.165) is 15.9 Å². The highest BCUT2D eigenvalue weighted by molar-refractivity contribution is 7.20. The van der Waals surface area contributed by atoms with Gasteiger partial charge in [-0.1, -0.05) is 0 Å². The molecule has 2 heterocycles. The number of rotatable bonds is 6. The van der Waals surface area contributed by atoms with Gasteiger partial charge in [0.25, 0.3) is 11.5 Å². The molecule has 2 aromatic rings. The summed E-state index contributed by atoms with van der Waals surface area (Å²) in [6.07, 6.45) is 0.289. The number of thiophene rings is 1. The number of carbonyl (C=O) groups is 2. The molecular weight excluding hydrogens is 310 g/mol. The maximum Gasteiger partial charge on any atom is 0.323 e. The number of aliphatic carboxylic acids is 1. The number of carbonyl (C=O) groups excluding carboxylic acids is 1. The van der Waals surface area contributed by atoms with Crippen LogP contribution in [0.1, 0.15) is 21.1 Å². The Morgan fingerprint density at radius 1 is 1.45 bits per heavy atom. The van der Waals surface area contributed by atoms with Crippen molar-refractivity contribution in [2.24, 2.45) is 5.73 Å². The van der Waals surface area contributed by atoms with Gasteiger partial charge in [-0.3, -0.25) is 19.0 Å². The van der Waals surface area contributed by atoms with E-state index in [-0.39, 0.29) is 16.7 Å². The Morgan fingerprint density at radius 3 is 2.68 bits per heavy atom. The standard InChI is InChI=1S/C13H15N3O5S/c1-6-9-12(22-10(6)11(14)19)15-7(3-4-21-2)16(13(9)20)5-8(17)18/h3-5H2,1-2H3,(H2,14,19)(H,17,18). The highest BCUT2D eigenvalue weighted by Crippen LogP contribution is 2.27. The van der Waals surface area contributed by atoms with Crippen LogP contribution in [0, 0.1) is 6.92 Å². The number of ether oxygens (including phenoxy) is 1. The smallest absolute Gasteiger partial charge is 0.323 e. The topological polar surface area (TPSA) is 125 Å². The van der Waals surface area contributed by atoms with Crippen LogP contribution in [-0.4, -0.2) is 40.3 Å². The molecule has 2 rings (SSSR count). The van der Waals surface area contributed by atoms with E-state index in [2.05, 4.69) is 4.98 Å². The van der Waals surface area contributed by atoms with E-state index >= 15 is 0 Å².